The summed E-state index contributed by atoms with van der Waals surface area (Å²) in [5.74, 6) is -0.225. The van der Waals surface area contributed by atoms with E-state index >= 15 is 0 Å². The molecule has 1 aliphatic carbocycles. The zero-order valence-electron chi connectivity index (χ0n) is 18.8. The van der Waals surface area contributed by atoms with E-state index in [0.717, 1.165) is 24.0 Å². The number of Topliss-reactive ketones (excluding diaryl/α,β-unsaturated/α-hetero) is 1. The van der Waals surface area contributed by atoms with Crippen LogP contribution in [0.25, 0.3) is 0 Å². The standard InChI is InChI=1S/C23H27F3N6O/c1-12-9-19(13(2)8-17(12)15-4-6-16(33)7-5-15)30-22-29-11-18(23(24,25)26)21(32-22)31-20(28)10-14(3)27/h8-11,15H,4-7,27H2,1-3H3,(H3,28,29,30,31,32)/b14-10-. The van der Waals surface area contributed by atoms with Gasteiger partial charge >= 0.3 is 6.18 Å². The number of nitrogens with one attached hydrogen (secondary N) is 1. The number of nitrogens with two attached hydrogens (primary N) is 2. The Hall–Kier alpha value is -3.43. The molecular weight excluding hydrogens is 433 g/mol. The van der Waals surface area contributed by atoms with Crippen molar-refractivity contribution in [1.29, 1.82) is 0 Å². The Bertz CT molecular complexity index is 1110. The van der Waals surface area contributed by atoms with Gasteiger partial charge in [0.15, 0.2) is 5.82 Å². The molecule has 1 fully saturated rings. The van der Waals surface area contributed by atoms with E-state index in [1.807, 2.05) is 26.0 Å². The number of aromatic nitrogens is 2. The van der Waals surface area contributed by atoms with Gasteiger partial charge in [-0.05, 0) is 68.4 Å². The van der Waals surface area contributed by atoms with Crippen LogP contribution in [-0.4, -0.2) is 21.6 Å². The highest BCUT2D eigenvalue weighted by Crippen LogP contribution is 2.37. The van der Waals surface area contributed by atoms with Crippen molar-refractivity contribution in [1.82, 2.24) is 9.97 Å². The average molecular weight is 461 g/mol. The van der Waals surface area contributed by atoms with Crippen LogP contribution in [0.15, 0.2) is 35.1 Å². The van der Waals surface area contributed by atoms with Crippen molar-refractivity contribution >= 4 is 29.1 Å². The molecule has 1 aliphatic rings. The molecule has 7 nitrogen and oxygen atoms in total. The number of aryl methyl sites for hydroxylation is 2. The molecular formula is C23H27F3N6O. The number of hydrogen-bond donors (Lipinski definition) is 3. The topological polar surface area (TPSA) is 119 Å². The van der Waals surface area contributed by atoms with Crippen molar-refractivity contribution in [2.45, 2.75) is 58.5 Å². The molecule has 1 aromatic heterocycles. The molecule has 1 aromatic carbocycles. The minimum atomic E-state index is -4.70. The lowest BCUT2D eigenvalue weighted by Crippen LogP contribution is -2.14. The monoisotopic (exact) mass is 460 g/mol. The molecule has 1 heterocycles. The third-order valence-corrected chi connectivity index (χ3v) is 5.53. The summed E-state index contributed by atoms with van der Waals surface area (Å²) in [5, 5.41) is 2.99. The van der Waals surface area contributed by atoms with E-state index in [9.17, 15) is 18.0 Å². The van der Waals surface area contributed by atoms with Crippen LogP contribution in [0.2, 0.25) is 0 Å². The molecule has 10 heteroatoms. The van der Waals surface area contributed by atoms with Gasteiger partial charge < -0.3 is 16.8 Å². The molecule has 33 heavy (non-hydrogen) atoms. The second kappa shape index (κ2) is 9.60. The predicted octanol–water partition coefficient (Wildman–Crippen LogP) is 4.93. The van der Waals surface area contributed by atoms with E-state index in [1.54, 1.807) is 6.92 Å². The van der Waals surface area contributed by atoms with Crippen LogP contribution < -0.4 is 16.8 Å². The van der Waals surface area contributed by atoms with Crippen LogP contribution in [0.1, 0.15) is 60.8 Å². The highest BCUT2D eigenvalue weighted by atomic mass is 19.4. The van der Waals surface area contributed by atoms with Gasteiger partial charge in [0.05, 0.1) is 0 Å². The Morgan fingerprint density at radius 1 is 1.18 bits per heavy atom. The van der Waals surface area contributed by atoms with Crippen LogP contribution in [0.3, 0.4) is 0 Å². The molecule has 0 bridgehead atoms. The molecule has 0 atom stereocenters. The number of benzene rings is 1. The van der Waals surface area contributed by atoms with E-state index in [0.29, 0.717) is 42.1 Å². The summed E-state index contributed by atoms with van der Waals surface area (Å²) < 4.78 is 40.2. The fourth-order valence-electron chi connectivity index (χ4n) is 3.89. The zero-order valence-corrected chi connectivity index (χ0v) is 18.8. The fraction of sp³-hybridized carbons (Fsp3) is 0.391. The quantitative estimate of drug-likeness (QED) is 0.430. The Morgan fingerprint density at radius 3 is 2.45 bits per heavy atom. The summed E-state index contributed by atoms with van der Waals surface area (Å²) >= 11 is 0. The van der Waals surface area contributed by atoms with E-state index in [1.165, 1.54) is 11.6 Å². The van der Waals surface area contributed by atoms with Crippen molar-refractivity contribution in [3.63, 3.8) is 0 Å². The lowest BCUT2D eigenvalue weighted by Gasteiger charge is -2.24. The van der Waals surface area contributed by atoms with Crippen LogP contribution in [0, 0.1) is 13.8 Å². The maximum atomic E-state index is 13.4. The Labute approximate surface area is 190 Å². The third kappa shape index (κ3) is 6.09. The normalized spacial score (nSPS) is 16.2. The molecule has 0 aliphatic heterocycles. The molecule has 0 radical (unpaired) electrons. The van der Waals surface area contributed by atoms with Gasteiger partial charge in [-0.3, -0.25) is 4.79 Å². The second-order valence-corrected chi connectivity index (χ2v) is 8.32. The number of hydrogen-bond acceptors (Lipinski definition) is 6. The number of alkyl halides is 3. The number of ketones is 1. The number of aliphatic imine (C=N–C) groups is 1. The molecule has 0 spiro atoms. The molecule has 176 valence electrons. The predicted molar refractivity (Wildman–Crippen MR) is 122 cm³/mol. The molecule has 0 amide bonds. The van der Waals surface area contributed by atoms with Gasteiger partial charge in [0.1, 0.15) is 17.2 Å². The third-order valence-electron chi connectivity index (χ3n) is 5.53. The summed E-state index contributed by atoms with van der Waals surface area (Å²) in [6.45, 7) is 5.41. The first-order valence-electron chi connectivity index (χ1n) is 10.6. The maximum absolute atomic E-state index is 13.4. The first-order chi connectivity index (χ1) is 15.4. The summed E-state index contributed by atoms with van der Waals surface area (Å²) in [6.07, 6.45) is 0.0631. The largest absolute Gasteiger partial charge is 0.421 e. The number of nitrogens with zero attached hydrogens (tertiary/aromatic N) is 3. The van der Waals surface area contributed by atoms with Gasteiger partial charge in [-0.2, -0.15) is 18.2 Å². The SMILES string of the molecule is C/C(N)=C/C(N)=Nc1nc(Nc2cc(C)c(C3CCC(=O)CC3)cc2C)ncc1C(F)(F)F. The minimum absolute atomic E-state index is 0.0403. The van der Waals surface area contributed by atoms with Crippen LogP contribution in [-0.2, 0) is 11.0 Å². The summed E-state index contributed by atoms with van der Waals surface area (Å²) in [4.78, 5) is 23.1. The summed E-state index contributed by atoms with van der Waals surface area (Å²) in [6, 6.07) is 3.97. The van der Waals surface area contributed by atoms with Crippen molar-refractivity contribution in [3.05, 3.63) is 52.4 Å². The Kier molecular flexibility index (Phi) is 7.04. The van der Waals surface area contributed by atoms with Gasteiger partial charge in [-0.1, -0.05) is 6.07 Å². The molecule has 5 N–H and O–H groups in total. The van der Waals surface area contributed by atoms with E-state index in [-0.39, 0.29) is 11.8 Å². The molecule has 0 unspecified atom stereocenters. The minimum Gasteiger partial charge on any atom is -0.402 e. The van der Waals surface area contributed by atoms with E-state index < -0.39 is 17.6 Å². The summed E-state index contributed by atoms with van der Waals surface area (Å²) in [5.41, 5.74) is 14.2. The molecule has 2 aromatic rings. The number of halogens is 3. The van der Waals surface area contributed by atoms with Crippen molar-refractivity contribution in [2.24, 2.45) is 16.5 Å². The average Bonchev–Trinajstić information content (AvgIpc) is 2.70. The molecule has 0 saturated heterocycles. The van der Waals surface area contributed by atoms with Crippen molar-refractivity contribution in [3.8, 4) is 0 Å². The number of allylic oxidation sites excluding steroid dienone is 1. The number of carbonyl (C=O) groups excluding carboxylic acids is 1. The lowest BCUT2D eigenvalue weighted by atomic mass is 9.81. The van der Waals surface area contributed by atoms with Crippen LogP contribution >= 0.6 is 0 Å². The van der Waals surface area contributed by atoms with Gasteiger partial charge in [-0.15, -0.1) is 0 Å². The van der Waals surface area contributed by atoms with Crippen molar-refractivity contribution < 1.29 is 18.0 Å². The first kappa shape index (κ1) is 24.2. The van der Waals surface area contributed by atoms with Gasteiger partial charge in [0.25, 0.3) is 0 Å². The van der Waals surface area contributed by atoms with Crippen LogP contribution in [0.5, 0.6) is 0 Å². The number of amidine groups is 1. The first-order valence-corrected chi connectivity index (χ1v) is 10.6. The van der Waals surface area contributed by atoms with Crippen LogP contribution in [0.4, 0.5) is 30.6 Å². The maximum Gasteiger partial charge on any atom is 0.421 e. The van der Waals surface area contributed by atoms with Gasteiger partial charge in [-0.25, -0.2) is 9.98 Å². The second-order valence-electron chi connectivity index (χ2n) is 8.32. The van der Waals surface area contributed by atoms with Gasteiger partial charge in [0, 0.05) is 30.4 Å². The summed E-state index contributed by atoms with van der Waals surface area (Å²) in [7, 11) is 0. The Balaban J connectivity index is 1.93. The number of anilines is 2. The lowest BCUT2D eigenvalue weighted by molar-refractivity contribution is -0.137. The fourth-order valence-corrected chi connectivity index (χ4v) is 3.89. The smallest absolute Gasteiger partial charge is 0.402 e. The van der Waals surface area contributed by atoms with Crippen molar-refractivity contribution in [2.75, 3.05) is 5.32 Å². The molecule has 3 rings (SSSR count). The number of carbonyl (C=O) groups is 1. The Morgan fingerprint density at radius 2 is 1.85 bits per heavy atom. The van der Waals surface area contributed by atoms with E-state index in [4.69, 9.17) is 11.5 Å². The van der Waals surface area contributed by atoms with Gasteiger partial charge in [0.2, 0.25) is 5.95 Å². The highest BCUT2D eigenvalue weighted by Gasteiger charge is 2.35. The zero-order chi connectivity index (χ0) is 24.3. The van der Waals surface area contributed by atoms with E-state index in [2.05, 4.69) is 20.3 Å². The highest BCUT2D eigenvalue weighted by molar-refractivity contribution is 5.93. The molecule has 1 saturated carbocycles. The number of rotatable bonds is 5.